The molecule has 4 nitrogen and oxygen atoms in total. The van der Waals surface area contributed by atoms with Gasteiger partial charge >= 0.3 is 5.51 Å². The van der Waals surface area contributed by atoms with Crippen LogP contribution in [-0.4, -0.2) is 22.3 Å². The summed E-state index contributed by atoms with van der Waals surface area (Å²) in [7, 11) is -5.20. The van der Waals surface area contributed by atoms with Gasteiger partial charge in [0.1, 0.15) is 4.90 Å². The van der Waals surface area contributed by atoms with Crippen LogP contribution in [0.15, 0.2) is 28.0 Å². The van der Waals surface area contributed by atoms with Gasteiger partial charge in [-0.25, -0.2) is 16.8 Å². The van der Waals surface area contributed by atoms with Crippen LogP contribution in [0.5, 0.6) is 0 Å². The molecule has 0 saturated carbocycles. The average Bonchev–Trinajstić information content (AvgIpc) is 2.14. The Kier molecular flexibility index (Phi) is 3.93. The van der Waals surface area contributed by atoms with Crippen LogP contribution in [0.4, 0.5) is 13.2 Å². The Bertz CT molecular complexity index is 679. The minimum Gasteiger partial charge on any atom is -0.214 e. The predicted molar refractivity (Wildman–Crippen MR) is 57.7 cm³/mol. The molecule has 0 amide bonds. The smallest absolute Gasteiger partial charge is 0.214 e. The third-order valence-corrected chi connectivity index (χ3v) is 5.07. The zero-order valence-corrected chi connectivity index (χ0v) is 11.2. The zero-order valence-electron chi connectivity index (χ0n) is 8.07. The van der Waals surface area contributed by atoms with Crippen molar-refractivity contribution in [1.82, 2.24) is 0 Å². The molecule has 0 unspecified atom stereocenters. The van der Waals surface area contributed by atoms with Gasteiger partial charge in [0.15, 0.2) is 0 Å². The molecule has 11 heteroatoms. The Morgan fingerprint density at radius 1 is 1.06 bits per heavy atom. The number of alkyl halides is 3. The standard InChI is InChI=1S/C7H3Cl2F3O4S2/c8-5-2-1-4(3-6(5)18(9,15)16)17(13,14)7(10,11)12/h1-3H. The molecule has 0 heterocycles. The van der Waals surface area contributed by atoms with E-state index in [1.54, 1.807) is 0 Å². The van der Waals surface area contributed by atoms with Crippen molar-refractivity contribution in [2.24, 2.45) is 0 Å². The van der Waals surface area contributed by atoms with Crippen LogP contribution in [0.2, 0.25) is 5.02 Å². The van der Waals surface area contributed by atoms with Crippen molar-refractivity contribution in [3.63, 3.8) is 0 Å². The van der Waals surface area contributed by atoms with Crippen molar-refractivity contribution in [1.29, 1.82) is 0 Å². The van der Waals surface area contributed by atoms with E-state index < -0.39 is 39.2 Å². The highest BCUT2D eigenvalue weighted by Gasteiger charge is 2.47. The fraction of sp³-hybridized carbons (Fsp3) is 0.143. The zero-order chi connectivity index (χ0) is 14.4. The molecule has 1 rings (SSSR count). The highest BCUT2D eigenvalue weighted by atomic mass is 35.7. The summed E-state index contributed by atoms with van der Waals surface area (Å²) < 4.78 is 80.8. The number of hydrogen-bond donors (Lipinski definition) is 0. The molecule has 0 atom stereocenters. The quantitative estimate of drug-likeness (QED) is 0.774. The van der Waals surface area contributed by atoms with Crippen LogP contribution in [0, 0.1) is 0 Å². The SMILES string of the molecule is O=S(=O)(Cl)c1cc(S(=O)(=O)C(F)(F)F)ccc1Cl. The molecular weight excluding hydrogens is 340 g/mol. The molecule has 0 fully saturated rings. The van der Waals surface area contributed by atoms with Gasteiger partial charge in [-0.15, -0.1) is 0 Å². The Morgan fingerprint density at radius 3 is 1.94 bits per heavy atom. The number of hydrogen-bond acceptors (Lipinski definition) is 4. The molecule has 18 heavy (non-hydrogen) atoms. The first-order valence-electron chi connectivity index (χ1n) is 3.93. The topological polar surface area (TPSA) is 68.3 Å². The number of rotatable bonds is 2. The van der Waals surface area contributed by atoms with Crippen LogP contribution >= 0.6 is 22.3 Å². The Hall–Kier alpha value is -0.510. The summed E-state index contributed by atoms with van der Waals surface area (Å²) in [5.41, 5.74) is -5.55. The van der Waals surface area contributed by atoms with E-state index >= 15 is 0 Å². The van der Waals surface area contributed by atoms with Gasteiger partial charge < -0.3 is 0 Å². The van der Waals surface area contributed by atoms with Gasteiger partial charge in [-0.2, -0.15) is 13.2 Å². The third-order valence-electron chi connectivity index (χ3n) is 1.78. The third kappa shape index (κ3) is 2.90. The maximum atomic E-state index is 12.2. The van der Waals surface area contributed by atoms with E-state index in [4.69, 9.17) is 22.3 Å². The molecule has 1 aromatic rings. The lowest BCUT2D eigenvalue weighted by molar-refractivity contribution is -0.0436. The molecule has 0 spiro atoms. The van der Waals surface area contributed by atoms with Gasteiger partial charge in [-0.3, -0.25) is 0 Å². The summed E-state index contributed by atoms with van der Waals surface area (Å²) >= 11 is 5.41. The maximum Gasteiger partial charge on any atom is 0.501 e. The van der Waals surface area contributed by atoms with Crippen molar-refractivity contribution in [3.05, 3.63) is 23.2 Å². The van der Waals surface area contributed by atoms with Gasteiger partial charge in [0, 0.05) is 10.7 Å². The summed E-state index contributed by atoms with van der Waals surface area (Å²) in [4.78, 5) is -2.16. The van der Waals surface area contributed by atoms with Crippen LogP contribution in [0.3, 0.4) is 0 Å². The Balaban J connectivity index is 3.59. The summed E-state index contributed by atoms with van der Waals surface area (Å²) in [6.07, 6.45) is 0. The number of benzene rings is 1. The molecule has 102 valence electrons. The van der Waals surface area contributed by atoms with Crippen molar-refractivity contribution in [2.45, 2.75) is 15.3 Å². The largest absolute Gasteiger partial charge is 0.501 e. The van der Waals surface area contributed by atoms with Crippen LogP contribution in [-0.2, 0) is 18.9 Å². The van der Waals surface area contributed by atoms with Crippen molar-refractivity contribution in [3.8, 4) is 0 Å². The van der Waals surface area contributed by atoms with Gasteiger partial charge in [0.2, 0.25) is 0 Å². The fourth-order valence-electron chi connectivity index (χ4n) is 0.971. The minimum atomic E-state index is -5.66. The highest BCUT2D eigenvalue weighted by Crippen LogP contribution is 2.34. The summed E-state index contributed by atoms with van der Waals surface area (Å²) in [6.45, 7) is 0. The lowest BCUT2D eigenvalue weighted by Gasteiger charge is -2.09. The molecule has 0 aliphatic rings. The maximum absolute atomic E-state index is 12.2. The second-order valence-corrected chi connectivity index (χ2v) is 7.86. The summed E-state index contributed by atoms with van der Waals surface area (Å²) in [5.74, 6) is 0. The molecule has 0 bridgehead atoms. The molecular formula is C7H3Cl2F3O4S2. The number of halogens is 5. The van der Waals surface area contributed by atoms with E-state index in [1.165, 1.54) is 0 Å². The Morgan fingerprint density at radius 2 is 1.56 bits per heavy atom. The molecule has 0 radical (unpaired) electrons. The van der Waals surface area contributed by atoms with E-state index in [9.17, 15) is 30.0 Å². The van der Waals surface area contributed by atoms with Crippen molar-refractivity contribution < 1.29 is 30.0 Å². The second kappa shape index (κ2) is 4.55. The van der Waals surface area contributed by atoms with Gasteiger partial charge in [-0.05, 0) is 18.2 Å². The van der Waals surface area contributed by atoms with Crippen LogP contribution in [0.25, 0.3) is 0 Å². The van der Waals surface area contributed by atoms with Crippen LogP contribution < -0.4 is 0 Å². The van der Waals surface area contributed by atoms with Crippen molar-refractivity contribution >= 4 is 41.2 Å². The van der Waals surface area contributed by atoms with Gasteiger partial charge in [-0.1, -0.05) is 11.6 Å². The first-order chi connectivity index (χ1) is 7.87. The second-order valence-electron chi connectivity index (χ2n) is 2.98. The lowest BCUT2D eigenvalue weighted by Crippen LogP contribution is -2.23. The fourth-order valence-corrected chi connectivity index (χ4v) is 3.33. The van der Waals surface area contributed by atoms with Gasteiger partial charge in [0.05, 0.1) is 9.92 Å². The molecule has 0 N–H and O–H groups in total. The van der Waals surface area contributed by atoms with E-state index in [-0.39, 0.29) is 6.07 Å². The minimum absolute atomic E-state index is 0.257. The summed E-state index contributed by atoms with van der Waals surface area (Å²) in [5, 5.41) is -0.480. The molecule has 0 aliphatic heterocycles. The predicted octanol–water partition coefficient (Wildman–Crippen LogP) is 2.56. The van der Waals surface area contributed by atoms with Gasteiger partial charge in [0.25, 0.3) is 18.9 Å². The summed E-state index contributed by atoms with van der Waals surface area (Å²) in [6, 6.07) is 1.50. The van der Waals surface area contributed by atoms with E-state index in [0.717, 1.165) is 0 Å². The van der Waals surface area contributed by atoms with Crippen molar-refractivity contribution in [2.75, 3.05) is 0 Å². The van der Waals surface area contributed by atoms with E-state index in [2.05, 4.69) is 0 Å². The molecule has 1 aromatic carbocycles. The lowest BCUT2D eigenvalue weighted by atomic mass is 10.4. The molecule has 0 aliphatic carbocycles. The van der Waals surface area contributed by atoms with E-state index in [1.807, 2.05) is 0 Å². The number of sulfone groups is 1. The highest BCUT2D eigenvalue weighted by molar-refractivity contribution is 8.13. The van der Waals surface area contributed by atoms with Crippen LogP contribution in [0.1, 0.15) is 0 Å². The monoisotopic (exact) mass is 342 g/mol. The first kappa shape index (κ1) is 15.5. The molecule has 0 aromatic heterocycles. The first-order valence-corrected chi connectivity index (χ1v) is 8.10. The Labute approximate surface area is 110 Å². The molecule has 0 saturated heterocycles. The average molecular weight is 343 g/mol. The normalized spacial score (nSPS) is 13.6. The van der Waals surface area contributed by atoms with E-state index in [0.29, 0.717) is 12.1 Å².